The molecule has 0 spiro atoms. The third kappa shape index (κ3) is 2.46. The van der Waals surface area contributed by atoms with Crippen LogP contribution in [0.25, 0.3) is 0 Å². The predicted molar refractivity (Wildman–Crippen MR) is 64.0 cm³/mol. The van der Waals surface area contributed by atoms with Gasteiger partial charge in [-0.05, 0) is 31.5 Å². The fourth-order valence-electron chi connectivity index (χ4n) is 1.61. The van der Waals surface area contributed by atoms with E-state index >= 15 is 0 Å². The van der Waals surface area contributed by atoms with Gasteiger partial charge in [0.25, 0.3) is 0 Å². The Kier molecular flexibility index (Phi) is 3.09. The van der Waals surface area contributed by atoms with Crippen LogP contribution >= 0.6 is 15.9 Å². The van der Waals surface area contributed by atoms with Gasteiger partial charge in [0.05, 0.1) is 13.2 Å². The van der Waals surface area contributed by atoms with Crippen LogP contribution in [0.2, 0.25) is 0 Å². The van der Waals surface area contributed by atoms with Crippen molar-refractivity contribution in [1.29, 1.82) is 0 Å². The summed E-state index contributed by atoms with van der Waals surface area (Å²) >= 11 is 3.38. The average Bonchev–Trinajstić information content (AvgIpc) is 2.23. The van der Waals surface area contributed by atoms with Crippen LogP contribution < -0.4 is 0 Å². The summed E-state index contributed by atoms with van der Waals surface area (Å²) < 4.78 is 11.9. The van der Waals surface area contributed by atoms with Gasteiger partial charge in [0, 0.05) is 4.47 Å². The monoisotopic (exact) mass is 286 g/mol. The van der Waals surface area contributed by atoms with Gasteiger partial charge in [-0.25, -0.2) is 0 Å². The molecule has 1 aromatic rings. The highest BCUT2D eigenvalue weighted by atomic mass is 79.9. The minimum atomic E-state index is -1.06. The molecule has 1 aromatic carbocycles. The highest BCUT2D eigenvalue weighted by Crippen LogP contribution is 2.31. The molecule has 4 heteroatoms. The number of hydrogen-bond acceptors (Lipinski definition) is 3. The van der Waals surface area contributed by atoms with Gasteiger partial charge in [0.2, 0.25) is 0 Å². The van der Waals surface area contributed by atoms with E-state index in [4.69, 9.17) is 9.47 Å². The summed E-state index contributed by atoms with van der Waals surface area (Å²) in [5.41, 5.74) is -0.253. The minimum Gasteiger partial charge on any atom is -0.380 e. The van der Waals surface area contributed by atoms with E-state index in [2.05, 4.69) is 15.9 Å². The largest absolute Gasteiger partial charge is 0.380 e. The van der Waals surface area contributed by atoms with Crippen LogP contribution in [0.4, 0.5) is 0 Å². The lowest BCUT2D eigenvalue weighted by Gasteiger charge is -2.40. The molecule has 0 bridgehead atoms. The number of hydrogen-bond donors (Lipinski definition) is 1. The summed E-state index contributed by atoms with van der Waals surface area (Å²) in [5.74, 6) is -0.613. The van der Waals surface area contributed by atoms with Gasteiger partial charge in [0.1, 0.15) is 5.60 Å². The van der Waals surface area contributed by atoms with Crippen molar-refractivity contribution in [2.75, 3.05) is 13.2 Å². The molecule has 0 radical (unpaired) electrons. The van der Waals surface area contributed by atoms with Crippen LogP contribution in [0.5, 0.6) is 0 Å². The van der Waals surface area contributed by atoms with Gasteiger partial charge in [-0.15, -0.1) is 0 Å². The van der Waals surface area contributed by atoms with Gasteiger partial charge >= 0.3 is 0 Å². The van der Waals surface area contributed by atoms with Crippen molar-refractivity contribution in [2.45, 2.75) is 25.2 Å². The van der Waals surface area contributed by atoms with Crippen molar-refractivity contribution >= 4 is 15.9 Å². The van der Waals surface area contributed by atoms with Gasteiger partial charge < -0.3 is 14.6 Å². The molecular formula is C12H15BrO3. The van der Waals surface area contributed by atoms with E-state index in [9.17, 15) is 5.11 Å². The lowest BCUT2D eigenvalue weighted by molar-refractivity contribution is -0.305. The summed E-state index contributed by atoms with van der Waals surface area (Å²) in [5, 5.41) is 10.4. The second-order valence-corrected chi connectivity index (χ2v) is 5.43. The van der Waals surface area contributed by atoms with Crippen molar-refractivity contribution in [1.82, 2.24) is 0 Å². The molecule has 0 saturated carbocycles. The molecule has 0 amide bonds. The van der Waals surface area contributed by atoms with Crippen LogP contribution in [0.1, 0.15) is 19.4 Å². The molecule has 1 aliphatic heterocycles. The zero-order valence-corrected chi connectivity index (χ0v) is 11.0. The Morgan fingerprint density at radius 1 is 1.25 bits per heavy atom. The van der Waals surface area contributed by atoms with E-state index in [0.717, 1.165) is 10.0 Å². The number of benzene rings is 1. The smallest absolute Gasteiger partial charge is 0.163 e. The average molecular weight is 287 g/mol. The Labute approximate surface area is 104 Å². The predicted octanol–water partition coefficient (Wildman–Crippen LogP) is 2.42. The lowest BCUT2D eigenvalue weighted by atomic mass is 9.94. The lowest BCUT2D eigenvalue weighted by Crippen LogP contribution is -2.49. The summed E-state index contributed by atoms with van der Waals surface area (Å²) in [6, 6.07) is 7.55. The first kappa shape index (κ1) is 12.0. The van der Waals surface area contributed by atoms with Gasteiger partial charge in [-0.3, -0.25) is 0 Å². The standard InChI is InChI=1S/C12H15BrO3/c1-11(2)15-7-12(14,8-16-11)9-4-3-5-10(13)6-9/h3-6,14H,7-8H2,1-2H3. The van der Waals surface area contributed by atoms with E-state index in [0.29, 0.717) is 0 Å². The number of rotatable bonds is 1. The van der Waals surface area contributed by atoms with Crippen molar-refractivity contribution in [3.63, 3.8) is 0 Å². The molecule has 1 saturated heterocycles. The van der Waals surface area contributed by atoms with Crippen molar-refractivity contribution in [3.8, 4) is 0 Å². The molecule has 16 heavy (non-hydrogen) atoms. The molecule has 1 aliphatic rings. The summed E-state index contributed by atoms with van der Waals surface area (Å²) in [7, 11) is 0. The van der Waals surface area contributed by atoms with E-state index < -0.39 is 11.4 Å². The van der Waals surface area contributed by atoms with Crippen LogP contribution in [-0.2, 0) is 15.1 Å². The fourth-order valence-corrected chi connectivity index (χ4v) is 2.01. The first-order valence-corrected chi connectivity index (χ1v) is 5.97. The van der Waals surface area contributed by atoms with Crippen LogP contribution in [0.15, 0.2) is 28.7 Å². The van der Waals surface area contributed by atoms with Gasteiger partial charge in [0.15, 0.2) is 5.79 Å². The second-order valence-electron chi connectivity index (χ2n) is 4.52. The summed E-state index contributed by atoms with van der Waals surface area (Å²) in [4.78, 5) is 0. The number of halogens is 1. The van der Waals surface area contributed by atoms with Gasteiger partial charge in [-0.1, -0.05) is 28.1 Å². The third-order valence-electron chi connectivity index (χ3n) is 2.68. The fraction of sp³-hybridized carbons (Fsp3) is 0.500. The topological polar surface area (TPSA) is 38.7 Å². The maximum atomic E-state index is 10.4. The quantitative estimate of drug-likeness (QED) is 0.862. The molecule has 1 heterocycles. The maximum absolute atomic E-state index is 10.4. The van der Waals surface area contributed by atoms with Gasteiger partial charge in [-0.2, -0.15) is 0 Å². The van der Waals surface area contributed by atoms with E-state index in [1.807, 2.05) is 38.1 Å². The zero-order chi connectivity index (χ0) is 11.8. The molecule has 2 rings (SSSR count). The molecule has 0 atom stereocenters. The van der Waals surface area contributed by atoms with Crippen molar-refractivity contribution < 1.29 is 14.6 Å². The van der Waals surface area contributed by atoms with Crippen LogP contribution in [0.3, 0.4) is 0 Å². The summed E-state index contributed by atoms with van der Waals surface area (Å²) in [6.45, 7) is 4.17. The van der Waals surface area contributed by atoms with Crippen molar-refractivity contribution in [2.24, 2.45) is 0 Å². The van der Waals surface area contributed by atoms with Crippen molar-refractivity contribution in [3.05, 3.63) is 34.3 Å². The molecule has 1 N–H and O–H groups in total. The second kappa shape index (κ2) is 4.11. The molecule has 3 nitrogen and oxygen atoms in total. The van der Waals surface area contributed by atoms with Crippen LogP contribution in [-0.4, -0.2) is 24.1 Å². The zero-order valence-electron chi connectivity index (χ0n) is 9.37. The third-order valence-corrected chi connectivity index (χ3v) is 3.17. The Morgan fingerprint density at radius 3 is 2.44 bits per heavy atom. The molecule has 0 unspecified atom stereocenters. The SMILES string of the molecule is CC1(C)OCC(O)(c2cccc(Br)c2)CO1. The number of ether oxygens (including phenoxy) is 2. The first-order valence-electron chi connectivity index (χ1n) is 5.18. The maximum Gasteiger partial charge on any atom is 0.163 e. The summed E-state index contributed by atoms with van der Waals surface area (Å²) in [6.07, 6.45) is 0. The molecule has 0 aliphatic carbocycles. The number of aliphatic hydroxyl groups is 1. The normalized spacial score (nSPS) is 23.0. The molecule has 88 valence electrons. The van der Waals surface area contributed by atoms with E-state index in [-0.39, 0.29) is 13.2 Å². The molecular weight excluding hydrogens is 272 g/mol. The minimum absolute atomic E-state index is 0.246. The molecule has 1 fully saturated rings. The highest BCUT2D eigenvalue weighted by molar-refractivity contribution is 9.10. The Morgan fingerprint density at radius 2 is 1.88 bits per heavy atom. The van der Waals surface area contributed by atoms with E-state index in [1.165, 1.54) is 0 Å². The Bertz CT molecular complexity index is 380. The Balaban J connectivity index is 2.21. The molecule has 0 aromatic heterocycles. The Hall–Kier alpha value is -0.420. The van der Waals surface area contributed by atoms with E-state index in [1.54, 1.807) is 0 Å². The van der Waals surface area contributed by atoms with Crippen LogP contribution in [0, 0.1) is 0 Å². The first-order chi connectivity index (χ1) is 7.41. The highest BCUT2D eigenvalue weighted by Gasteiger charge is 2.39.